The molecule has 29 heavy (non-hydrogen) atoms. The molecule has 10 heteroatoms. The molecule has 3 heterocycles. The lowest BCUT2D eigenvalue weighted by molar-refractivity contribution is 0.00578. The van der Waals surface area contributed by atoms with Crippen LogP contribution in [0.1, 0.15) is 44.6 Å². The summed E-state index contributed by atoms with van der Waals surface area (Å²) in [4.78, 5) is 12.0. The summed E-state index contributed by atoms with van der Waals surface area (Å²) < 4.78 is 37.4. The van der Waals surface area contributed by atoms with Gasteiger partial charge in [-0.05, 0) is 51.6 Å². The topological polar surface area (TPSA) is 114 Å². The van der Waals surface area contributed by atoms with Crippen molar-refractivity contribution in [3.05, 3.63) is 23.9 Å². The van der Waals surface area contributed by atoms with Gasteiger partial charge in [0.15, 0.2) is 15.5 Å². The van der Waals surface area contributed by atoms with Crippen molar-refractivity contribution >= 4 is 39.2 Å². The number of aromatic nitrogens is 2. The van der Waals surface area contributed by atoms with Gasteiger partial charge in [-0.3, -0.25) is 9.48 Å². The highest BCUT2D eigenvalue weighted by Crippen LogP contribution is 2.36. The number of amides is 1. The summed E-state index contributed by atoms with van der Waals surface area (Å²) >= 11 is 0. The predicted molar refractivity (Wildman–Crippen MR) is 111 cm³/mol. The normalized spacial score (nSPS) is 25.0. The van der Waals surface area contributed by atoms with Gasteiger partial charge in [-0.1, -0.05) is 12.1 Å². The molecule has 2 aliphatic heterocycles. The fourth-order valence-electron chi connectivity index (χ4n) is 3.90. The second-order valence-electron chi connectivity index (χ2n) is 9.03. The van der Waals surface area contributed by atoms with Crippen LogP contribution < -0.4 is 11.2 Å². The molecular weight excluding hydrogens is 393 g/mol. The molecule has 1 atom stereocenters. The average molecular weight is 419 g/mol. The van der Waals surface area contributed by atoms with Gasteiger partial charge in [0.2, 0.25) is 0 Å². The minimum absolute atomic E-state index is 0.0217. The SMILES string of the molecule is CC1(C)OB(c2ccc3c(c2)c(C(N)=O)nn3CC2CCS(=O)(=O)C2)OC1(C)C. The summed E-state index contributed by atoms with van der Waals surface area (Å²) in [6.07, 6.45) is 0.599. The molecule has 0 bridgehead atoms. The van der Waals surface area contributed by atoms with E-state index in [2.05, 4.69) is 5.10 Å². The van der Waals surface area contributed by atoms with E-state index in [1.807, 2.05) is 45.9 Å². The number of nitrogens with zero attached hydrogens (tertiary/aromatic N) is 2. The van der Waals surface area contributed by atoms with Crippen LogP contribution >= 0.6 is 0 Å². The Labute approximate surface area is 170 Å². The molecule has 1 aromatic heterocycles. The van der Waals surface area contributed by atoms with Crippen molar-refractivity contribution < 1.29 is 22.5 Å². The number of hydrogen-bond donors (Lipinski definition) is 1. The maximum absolute atomic E-state index is 12.0. The Kier molecular flexibility index (Phi) is 4.60. The summed E-state index contributed by atoms with van der Waals surface area (Å²) in [6.45, 7) is 8.35. The van der Waals surface area contributed by atoms with Gasteiger partial charge in [0, 0.05) is 11.9 Å². The van der Waals surface area contributed by atoms with Gasteiger partial charge in [0.1, 0.15) is 0 Å². The first-order valence-corrected chi connectivity index (χ1v) is 11.6. The molecule has 4 rings (SSSR count). The van der Waals surface area contributed by atoms with E-state index in [0.29, 0.717) is 18.4 Å². The molecule has 2 aromatic rings. The Balaban J connectivity index is 1.70. The number of nitrogens with two attached hydrogens (primary N) is 1. The van der Waals surface area contributed by atoms with E-state index >= 15 is 0 Å². The number of fused-ring (bicyclic) bond motifs is 1. The molecule has 0 saturated carbocycles. The van der Waals surface area contributed by atoms with E-state index in [9.17, 15) is 13.2 Å². The zero-order valence-corrected chi connectivity index (χ0v) is 18.0. The lowest BCUT2D eigenvalue weighted by Gasteiger charge is -2.32. The molecule has 1 unspecified atom stereocenters. The third-order valence-electron chi connectivity index (χ3n) is 6.29. The third kappa shape index (κ3) is 3.58. The molecule has 2 saturated heterocycles. The van der Waals surface area contributed by atoms with Gasteiger partial charge in [-0.25, -0.2) is 8.42 Å². The first kappa shape index (κ1) is 20.4. The van der Waals surface area contributed by atoms with Crippen LogP contribution in [0.3, 0.4) is 0 Å². The summed E-state index contributed by atoms with van der Waals surface area (Å²) in [5.41, 5.74) is 6.30. The summed E-state index contributed by atoms with van der Waals surface area (Å²) in [7, 11) is -3.55. The maximum Gasteiger partial charge on any atom is 0.494 e. The fourth-order valence-corrected chi connectivity index (χ4v) is 5.75. The maximum atomic E-state index is 12.0. The number of primary amides is 1. The zero-order chi connectivity index (χ0) is 21.2. The number of sulfone groups is 1. The van der Waals surface area contributed by atoms with Gasteiger partial charge >= 0.3 is 7.12 Å². The first-order chi connectivity index (χ1) is 13.4. The molecule has 0 spiro atoms. The Bertz CT molecular complexity index is 1080. The third-order valence-corrected chi connectivity index (χ3v) is 8.13. The highest BCUT2D eigenvalue weighted by atomic mass is 32.2. The van der Waals surface area contributed by atoms with Crippen LogP contribution in [-0.2, 0) is 25.7 Å². The van der Waals surface area contributed by atoms with E-state index in [1.54, 1.807) is 4.68 Å². The van der Waals surface area contributed by atoms with Crippen LogP contribution in [0.15, 0.2) is 18.2 Å². The molecule has 8 nitrogen and oxygen atoms in total. The summed E-state index contributed by atoms with van der Waals surface area (Å²) in [5.74, 6) is -0.303. The minimum Gasteiger partial charge on any atom is -0.399 e. The standard InChI is InChI=1S/C19H26BN3O5S/c1-18(2)19(3,4)28-20(27-18)13-5-6-15-14(9-13)16(17(21)24)22-23(15)10-12-7-8-29(25,26)11-12/h5-6,9,12H,7-8,10-11H2,1-4H3,(H2,21,24). The van der Waals surface area contributed by atoms with E-state index in [1.165, 1.54) is 0 Å². The van der Waals surface area contributed by atoms with Crippen molar-refractivity contribution in [1.29, 1.82) is 0 Å². The molecule has 1 aromatic carbocycles. The van der Waals surface area contributed by atoms with E-state index in [-0.39, 0.29) is 23.1 Å². The summed E-state index contributed by atoms with van der Waals surface area (Å²) in [6, 6.07) is 5.57. The van der Waals surface area contributed by atoms with Crippen molar-refractivity contribution in [3.8, 4) is 0 Å². The Morgan fingerprint density at radius 2 is 1.93 bits per heavy atom. The number of rotatable bonds is 4. The van der Waals surface area contributed by atoms with Crippen LogP contribution in [0.25, 0.3) is 10.9 Å². The van der Waals surface area contributed by atoms with Gasteiger partial charge in [0.25, 0.3) is 5.91 Å². The van der Waals surface area contributed by atoms with Crippen molar-refractivity contribution in [3.63, 3.8) is 0 Å². The van der Waals surface area contributed by atoms with Crippen LogP contribution in [-0.4, -0.2) is 53.9 Å². The molecule has 0 radical (unpaired) electrons. The number of benzene rings is 1. The predicted octanol–water partition coefficient (Wildman–Crippen LogP) is 0.869. The molecule has 2 N–H and O–H groups in total. The lowest BCUT2D eigenvalue weighted by Crippen LogP contribution is -2.41. The number of carbonyl (C=O) groups excluding carboxylic acids is 1. The van der Waals surface area contributed by atoms with E-state index < -0.39 is 34.1 Å². The molecule has 2 aliphatic rings. The number of hydrogen-bond acceptors (Lipinski definition) is 6. The number of carbonyl (C=O) groups is 1. The first-order valence-electron chi connectivity index (χ1n) is 9.75. The van der Waals surface area contributed by atoms with Gasteiger partial charge < -0.3 is 15.0 Å². The van der Waals surface area contributed by atoms with Gasteiger partial charge in [-0.15, -0.1) is 0 Å². The van der Waals surface area contributed by atoms with Crippen molar-refractivity contribution in [2.24, 2.45) is 11.7 Å². The van der Waals surface area contributed by atoms with Crippen LogP contribution in [0, 0.1) is 5.92 Å². The minimum atomic E-state index is -2.98. The molecular formula is C19H26BN3O5S. The Hall–Kier alpha value is -1.91. The molecule has 156 valence electrons. The second-order valence-corrected chi connectivity index (χ2v) is 11.3. The average Bonchev–Trinajstić information content (AvgIpc) is 3.20. The zero-order valence-electron chi connectivity index (χ0n) is 17.1. The van der Waals surface area contributed by atoms with Crippen molar-refractivity contribution in [2.75, 3.05) is 11.5 Å². The monoisotopic (exact) mass is 419 g/mol. The van der Waals surface area contributed by atoms with Gasteiger partial charge in [-0.2, -0.15) is 5.10 Å². The van der Waals surface area contributed by atoms with Crippen LogP contribution in [0.4, 0.5) is 0 Å². The van der Waals surface area contributed by atoms with Crippen LogP contribution in [0.5, 0.6) is 0 Å². The smallest absolute Gasteiger partial charge is 0.399 e. The van der Waals surface area contributed by atoms with E-state index in [4.69, 9.17) is 15.0 Å². The Morgan fingerprint density at radius 1 is 1.28 bits per heavy atom. The molecule has 2 fully saturated rings. The quantitative estimate of drug-likeness (QED) is 0.736. The van der Waals surface area contributed by atoms with E-state index in [0.717, 1.165) is 11.0 Å². The molecule has 0 aliphatic carbocycles. The van der Waals surface area contributed by atoms with Crippen molar-refractivity contribution in [1.82, 2.24) is 9.78 Å². The van der Waals surface area contributed by atoms with Crippen LogP contribution in [0.2, 0.25) is 0 Å². The largest absolute Gasteiger partial charge is 0.494 e. The highest BCUT2D eigenvalue weighted by molar-refractivity contribution is 7.91. The Morgan fingerprint density at radius 3 is 2.48 bits per heavy atom. The molecule has 1 amide bonds. The summed E-state index contributed by atoms with van der Waals surface area (Å²) in [5, 5.41) is 5.01. The van der Waals surface area contributed by atoms with Crippen molar-refractivity contribution in [2.45, 2.75) is 51.9 Å². The lowest BCUT2D eigenvalue weighted by atomic mass is 9.78. The van der Waals surface area contributed by atoms with Gasteiger partial charge in [0.05, 0.1) is 28.2 Å². The second kappa shape index (κ2) is 6.55. The highest BCUT2D eigenvalue weighted by Gasteiger charge is 2.51. The fraction of sp³-hybridized carbons (Fsp3) is 0.579.